The largest absolute Gasteiger partial charge is 0.342 e. The SMILES string of the molecule is CCCC(N)C(=O)NC1(c2noc(CN(CC)CC)n2)CCCC1. The number of carbonyl (C=O) groups is 1. The Bertz CT molecular complexity index is 521. The second-order valence-electron chi connectivity index (χ2n) is 6.65. The van der Waals surface area contributed by atoms with Gasteiger partial charge in [0.05, 0.1) is 12.6 Å². The van der Waals surface area contributed by atoms with Crippen LogP contribution in [0, 0.1) is 0 Å². The number of aromatic nitrogens is 2. The van der Waals surface area contributed by atoms with Crippen molar-refractivity contribution in [3.05, 3.63) is 11.7 Å². The molecular formula is C17H31N5O2. The van der Waals surface area contributed by atoms with Gasteiger partial charge < -0.3 is 15.6 Å². The van der Waals surface area contributed by atoms with Crippen LogP contribution in [0.15, 0.2) is 4.52 Å². The molecule has 0 radical (unpaired) electrons. The summed E-state index contributed by atoms with van der Waals surface area (Å²) in [5.74, 6) is 1.08. The summed E-state index contributed by atoms with van der Waals surface area (Å²) in [5, 5.41) is 7.31. The lowest BCUT2D eigenvalue weighted by Crippen LogP contribution is -2.51. The van der Waals surface area contributed by atoms with Gasteiger partial charge in [-0.2, -0.15) is 4.98 Å². The molecule has 2 rings (SSSR count). The van der Waals surface area contributed by atoms with Gasteiger partial charge in [0.1, 0.15) is 5.54 Å². The highest BCUT2D eigenvalue weighted by Gasteiger charge is 2.42. The molecule has 1 aliphatic carbocycles. The maximum atomic E-state index is 12.4. The Morgan fingerprint density at radius 1 is 1.33 bits per heavy atom. The molecule has 0 spiro atoms. The van der Waals surface area contributed by atoms with Gasteiger partial charge in [-0.1, -0.05) is 45.2 Å². The minimum Gasteiger partial charge on any atom is -0.342 e. The van der Waals surface area contributed by atoms with Crippen molar-refractivity contribution in [1.82, 2.24) is 20.4 Å². The first-order chi connectivity index (χ1) is 11.5. The average molecular weight is 337 g/mol. The van der Waals surface area contributed by atoms with Crippen molar-refractivity contribution in [3.8, 4) is 0 Å². The molecule has 1 saturated carbocycles. The van der Waals surface area contributed by atoms with Gasteiger partial charge in [0, 0.05) is 0 Å². The van der Waals surface area contributed by atoms with Crippen LogP contribution >= 0.6 is 0 Å². The predicted octanol–water partition coefficient (Wildman–Crippen LogP) is 1.92. The lowest BCUT2D eigenvalue weighted by Gasteiger charge is -2.28. The fourth-order valence-electron chi connectivity index (χ4n) is 3.31. The average Bonchev–Trinajstić information content (AvgIpc) is 3.23. The molecular weight excluding hydrogens is 306 g/mol. The molecule has 1 atom stereocenters. The standard InChI is InChI=1S/C17H31N5O2/c1-4-9-13(18)15(23)20-17(10-7-8-11-17)16-19-14(24-21-16)12-22(5-2)6-3/h13H,4-12,18H2,1-3H3,(H,20,23). The number of carbonyl (C=O) groups excluding carboxylic acids is 1. The summed E-state index contributed by atoms with van der Waals surface area (Å²) in [6, 6.07) is -0.477. The molecule has 1 heterocycles. The third-order valence-electron chi connectivity index (χ3n) is 4.91. The van der Waals surface area contributed by atoms with Crippen LogP contribution in [0.1, 0.15) is 71.0 Å². The van der Waals surface area contributed by atoms with Crippen molar-refractivity contribution in [1.29, 1.82) is 0 Å². The highest BCUT2D eigenvalue weighted by atomic mass is 16.5. The molecule has 1 aliphatic rings. The Morgan fingerprint density at radius 2 is 2.00 bits per heavy atom. The van der Waals surface area contributed by atoms with E-state index in [0.717, 1.165) is 45.2 Å². The topological polar surface area (TPSA) is 97.3 Å². The molecule has 1 aromatic rings. The van der Waals surface area contributed by atoms with Crippen molar-refractivity contribution in [2.45, 2.75) is 77.4 Å². The van der Waals surface area contributed by atoms with Crippen LogP contribution in [0.4, 0.5) is 0 Å². The Balaban J connectivity index is 2.12. The number of amides is 1. The Hall–Kier alpha value is -1.47. The van der Waals surface area contributed by atoms with Crippen molar-refractivity contribution in [2.75, 3.05) is 13.1 Å². The van der Waals surface area contributed by atoms with E-state index in [1.165, 1.54) is 0 Å². The molecule has 1 unspecified atom stereocenters. The van der Waals surface area contributed by atoms with Crippen LogP contribution in [0.5, 0.6) is 0 Å². The first-order valence-electron chi connectivity index (χ1n) is 9.17. The monoisotopic (exact) mass is 337 g/mol. The van der Waals surface area contributed by atoms with E-state index in [9.17, 15) is 4.79 Å². The number of hydrogen-bond acceptors (Lipinski definition) is 6. The Labute approximate surface area is 144 Å². The minimum atomic E-state index is -0.520. The van der Waals surface area contributed by atoms with Crippen molar-refractivity contribution >= 4 is 5.91 Å². The molecule has 1 aromatic heterocycles. The quantitative estimate of drug-likeness (QED) is 0.714. The molecule has 1 fully saturated rings. The zero-order valence-electron chi connectivity index (χ0n) is 15.2. The molecule has 3 N–H and O–H groups in total. The highest BCUT2D eigenvalue weighted by Crippen LogP contribution is 2.37. The Morgan fingerprint density at radius 3 is 2.58 bits per heavy atom. The van der Waals surface area contributed by atoms with E-state index in [0.29, 0.717) is 24.7 Å². The van der Waals surface area contributed by atoms with Crippen molar-refractivity contribution < 1.29 is 9.32 Å². The molecule has 0 saturated heterocycles. The van der Waals surface area contributed by atoms with Crippen LogP contribution in [-0.4, -0.2) is 40.1 Å². The van der Waals surface area contributed by atoms with Crippen molar-refractivity contribution in [3.63, 3.8) is 0 Å². The Kier molecular flexibility index (Phi) is 6.74. The molecule has 136 valence electrons. The molecule has 24 heavy (non-hydrogen) atoms. The normalized spacial score (nSPS) is 18.0. The summed E-state index contributed by atoms with van der Waals surface area (Å²) in [6.45, 7) is 8.74. The van der Waals surface area contributed by atoms with Gasteiger partial charge >= 0.3 is 0 Å². The minimum absolute atomic E-state index is 0.117. The van der Waals surface area contributed by atoms with Crippen LogP contribution in [0.2, 0.25) is 0 Å². The molecule has 7 heteroatoms. The fraction of sp³-hybridized carbons (Fsp3) is 0.824. The van der Waals surface area contributed by atoms with E-state index >= 15 is 0 Å². The van der Waals surface area contributed by atoms with Gasteiger partial charge in [-0.25, -0.2) is 0 Å². The summed E-state index contributed by atoms with van der Waals surface area (Å²) in [7, 11) is 0. The zero-order chi connectivity index (χ0) is 17.6. The number of nitrogens with two attached hydrogens (primary N) is 1. The lowest BCUT2D eigenvalue weighted by atomic mass is 9.95. The molecule has 0 aliphatic heterocycles. The van der Waals surface area contributed by atoms with Gasteiger partial charge in [-0.15, -0.1) is 0 Å². The summed E-state index contributed by atoms with van der Waals surface area (Å²) >= 11 is 0. The van der Waals surface area contributed by atoms with E-state index in [2.05, 4.69) is 34.2 Å². The van der Waals surface area contributed by atoms with E-state index in [1.54, 1.807) is 0 Å². The third kappa shape index (κ3) is 4.33. The molecule has 1 amide bonds. The van der Waals surface area contributed by atoms with Crippen LogP contribution in [0.25, 0.3) is 0 Å². The fourth-order valence-corrected chi connectivity index (χ4v) is 3.31. The lowest BCUT2D eigenvalue weighted by molar-refractivity contribution is -0.124. The maximum Gasteiger partial charge on any atom is 0.240 e. The van der Waals surface area contributed by atoms with Crippen LogP contribution in [-0.2, 0) is 16.9 Å². The predicted molar refractivity (Wildman–Crippen MR) is 92.1 cm³/mol. The number of nitrogens with zero attached hydrogens (tertiary/aromatic N) is 3. The van der Waals surface area contributed by atoms with E-state index in [1.807, 2.05) is 6.92 Å². The van der Waals surface area contributed by atoms with Gasteiger partial charge in [-0.05, 0) is 32.4 Å². The molecule has 7 nitrogen and oxygen atoms in total. The van der Waals surface area contributed by atoms with Crippen LogP contribution < -0.4 is 11.1 Å². The molecule has 0 aromatic carbocycles. The first-order valence-corrected chi connectivity index (χ1v) is 9.17. The first kappa shape index (κ1) is 18.9. The van der Waals surface area contributed by atoms with E-state index in [-0.39, 0.29) is 5.91 Å². The number of nitrogens with one attached hydrogen (secondary N) is 1. The summed E-state index contributed by atoms with van der Waals surface area (Å²) in [6.07, 6.45) is 5.33. The van der Waals surface area contributed by atoms with Gasteiger partial charge in [0.15, 0.2) is 5.82 Å². The second-order valence-corrected chi connectivity index (χ2v) is 6.65. The van der Waals surface area contributed by atoms with E-state index < -0.39 is 11.6 Å². The number of rotatable bonds is 9. The summed E-state index contributed by atoms with van der Waals surface area (Å²) in [4.78, 5) is 19.2. The van der Waals surface area contributed by atoms with Gasteiger partial charge in [0.2, 0.25) is 11.8 Å². The maximum absolute atomic E-state index is 12.4. The summed E-state index contributed by atoms with van der Waals surface area (Å²) < 4.78 is 5.44. The zero-order valence-corrected chi connectivity index (χ0v) is 15.2. The van der Waals surface area contributed by atoms with Gasteiger partial charge in [-0.3, -0.25) is 9.69 Å². The van der Waals surface area contributed by atoms with Crippen molar-refractivity contribution in [2.24, 2.45) is 5.73 Å². The number of hydrogen-bond donors (Lipinski definition) is 2. The second kappa shape index (κ2) is 8.58. The summed E-state index contributed by atoms with van der Waals surface area (Å²) in [5.41, 5.74) is 5.45. The molecule has 0 bridgehead atoms. The smallest absolute Gasteiger partial charge is 0.240 e. The third-order valence-corrected chi connectivity index (χ3v) is 4.91. The van der Waals surface area contributed by atoms with Gasteiger partial charge in [0.25, 0.3) is 0 Å². The highest BCUT2D eigenvalue weighted by molar-refractivity contribution is 5.82. The van der Waals surface area contributed by atoms with Crippen LogP contribution in [0.3, 0.4) is 0 Å². The van der Waals surface area contributed by atoms with E-state index in [4.69, 9.17) is 10.3 Å².